The van der Waals surface area contributed by atoms with Crippen LogP contribution in [0, 0.1) is 5.92 Å². The number of hydrogen-bond acceptors (Lipinski definition) is 4. The second-order valence-electron chi connectivity index (χ2n) is 4.58. The summed E-state index contributed by atoms with van der Waals surface area (Å²) < 4.78 is 10.2. The van der Waals surface area contributed by atoms with Crippen LogP contribution in [0.2, 0.25) is 0 Å². The molecular weight excluding hydrogens is 236 g/mol. The molecule has 0 radical (unpaired) electrons. The van der Waals surface area contributed by atoms with E-state index in [2.05, 4.69) is 0 Å². The molecule has 6 nitrogen and oxygen atoms in total. The van der Waals surface area contributed by atoms with E-state index in [1.165, 1.54) is 0 Å². The Morgan fingerprint density at radius 2 is 2.11 bits per heavy atom. The summed E-state index contributed by atoms with van der Waals surface area (Å²) in [4.78, 5) is 24.7. The van der Waals surface area contributed by atoms with Crippen LogP contribution >= 0.6 is 0 Å². The number of ether oxygens (including phenoxy) is 2. The average molecular weight is 258 g/mol. The minimum atomic E-state index is -0.353. The van der Waals surface area contributed by atoms with E-state index in [4.69, 9.17) is 15.2 Å². The molecular formula is C12H22N2O4. The lowest BCUT2D eigenvalue weighted by Gasteiger charge is -2.37. The maximum Gasteiger partial charge on any atom is 0.224 e. The average Bonchev–Trinajstić information content (AvgIpc) is 2.35. The van der Waals surface area contributed by atoms with Crippen LogP contribution in [0.15, 0.2) is 0 Å². The third-order valence-corrected chi connectivity index (χ3v) is 3.30. The number of nitrogens with two attached hydrogens (primary N) is 1. The smallest absolute Gasteiger partial charge is 0.224 e. The summed E-state index contributed by atoms with van der Waals surface area (Å²) >= 11 is 0. The van der Waals surface area contributed by atoms with E-state index >= 15 is 0 Å². The molecule has 2 amide bonds. The van der Waals surface area contributed by atoms with E-state index in [9.17, 15) is 9.59 Å². The maximum atomic E-state index is 11.9. The second kappa shape index (κ2) is 7.33. The number of nitrogens with zero attached hydrogens (tertiary/aromatic N) is 1. The van der Waals surface area contributed by atoms with Crippen LogP contribution in [0.5, 0.6) is 0 Å². The third kappa shape index (κ3) is 4.27. The Bertz CT molecular complexity index is 296. The van der Waals surface area contributed by atoms with Gasteiger partial charge in [-0.1, -0.05) is 0 Å². The highest BCUT2D eigenvalue weighted by molar-refractivity contribution is 5.77. The lowest BCUT2D eigenvalue weighted by molar-refractivity contribution is -0.138. The molecule has 0 bridgehead atoms. The zero-order chi connectivity index (χ0) is 13.5. The predicted octanol–water partition coefficient (Wildman–Crippen LogP) is -0.238. The number of hydrogen-bond donors (Lipinski definition) is 1. The van der Waals surface area contributed by atoms with Gasteiger partial charge in [-0.3, -0.25) is 9.59 Å². The Kier molecular flexibility index (Phi) is 6.07. The summed E-state index contributed by atoms with van der Waals surface area (Å²) in [5.74, 6) is -0.304. The number of piperidine rings is 1. The predicted molar refractivity (Wildman–Crippen MR) is 65.8 cm³/mol. The molecule has 6 heteroatoms. The summed E-state index contributed by atoms with van der Waals surface area (Å²) in [6, 6.07) is 0. The van der Waals surface area contributed by atoms with Gasteiger partial charge in [0.1, 0.15) is 0 Å². The first-order valence-corrected chi connectivity index (χ1v) is 6.16. The zero-order valence-corrected chi connectivity index (χ0v) is 11.1. The molecule has 0 aliphatic carbocycles. The molecule has 0 aromatic rings. The molecule has 1 aliphatic rings. The second-order valence-corrected chi connectivity index (χ2v) is 4.58. The fourth-order valence-electron chi connectivity index (χ4n) is 2.35. The lowest BCUT2D eigenvalue weighted by Crippen LogP contribution is -2.47. The van der Waals surface area contributed by atoms with Crippen LogP contribution in [-0.2, 0) is 19.1 Å². The molecule has 0 aromatic carbocycles. The summed E-state index contributed by atoms with van der Waals surface area (Å²) in [5.41, 5.74) is 5.22. The van der Waals surface area contributed by atoms with Gasteiger partial charge in [-0.25, -0.2) is 0 Å². The quantitative estimate of drug-likeness (QED) is 0.713. The molecule has 0 saturated carbocycles. The van der Waals surface area contributed by atoms with Crippen LogP contribution < -0.4 is 5.73 Å². The first-order chi connectivity index (χ1) is 8.58. The molecule has 104 valence electrons. The van der Waals surface area contributed by atoms with Crippen molar-refractivity contribution in [3.05, 3.63) is 0 Å². The largest absolute Gasteiger partial charge is 0.384 e. The van der Waals surface area contributed by atoms with Crippen molar-refractivity contribution in [1.29, 1.82) is 0 Å². The van der Waals surface area contributed by atoms with Gasteiger partial charge in [0.05, 0.1) is 19.1 Å². The number of carbonyl (C=O) groups excluding carboxylic acids is 2. The number of methoxy groups -OCH3 is 2. The summed E-state index contributed by atoms with van der Waals surface area (Å²) in [6.07, 6.45) is 1.38. The van der Waals surface area contributed by atoms with Gasteiger partial charge in [0.25, 0.3) is 0 Å². The number of likely N-dealkylation sites (tertiary alicyclic amines) is 1. The number of amides is 2. The summed E-state index contributed by atoms with van der Waals surface area (Å²) in [7, 11) is 3.20. The molecule has 1 fully saturated rings. The van der Waals surface area contributed by atoms with E-state index in [-0.39, 0.29) is 30.3 Å². The van der Waals surface area contributed by atoms with Gasteiger partial charge >= 0.3 is 0 Å². The van der Waals surface area contributed by atoms with E-state index in [0.29, 0.717) is 26.1 Å². The van der Waals surface area contributed by atoms with Gasteiger partial charge in [-0.15, -0.1) is 0 Å². The molecule has 0 spiro atoms. The first-order valence-electron chi connectivity index (χ1n) is 6.16. The molecule has 0 aromatic heterocycles. The standard InChI is InChI=1S/C12H22N2O4/c1-17-6-4-12(16)14-5-3-10(18-2)9(8-14)7-11(13)15/h9-10H,3-8H2,1-2H3,(H2,13,15)/t9-,10-/m1/s1. The maximum absolute atomic E-state index is 11.9. The summed E-state index contributed by atoms with van der Waals surface area (Å²) in [5, 5.41) is 0. The van der Waals surface area contributed by atoms with E-state index < -0.39 is 0 Å². The Balaban J connectivity index is 2.54. The van der Waals surface area contributed by atoms with Gasteiger partial charge in [-0.05, 0) is 6.42 Å². The van der Waals surface area contributed by atoms with Gasteiger partial charge in [0.15, 0.2) is 0 Å². The highest BCUT2D eigenvalue weighted by atomic mass is 16.5. The van der Waals surface area contributed by atoms with Crippen LogP contribution in [-0.4, -0.2) is 56.7 Å². The molecule has 18 heavy (non-hydrogen) atoms. The SMILES string of the molecule is COCCC(=O)N1CC[C@@H](OC)[C@H](CC(N)=O)C1. The van der Waals surface area contributed by atoms with E-state index in [1.54, 1.807) is 19.1 Å². The monoisotopic (exact) mass is 258 g/mol. The highest BCUT2D eigenvalue weighted by Gasteiger charge is 2.32. The zero-order valence-electron chi connectivity index (χ0n) is 11.1. The normalized spacial score (nSPS) is 24.0. The topological polar surface area (TPSA) is 81.9 Å². The van der Waals surface area contributed by atoms with E-state index in [1.807, 2.05) is 0 Å². The van der Waals surface area contributed by atoms with Crippen molar-refractivity contribution in [1.82, 2.24) is 4.90 Å². The number of primary amides is 1. The minimum Gasteiger partial charge on any atom is -0.384 e. The van der Waals surface area contributed by atoms with E-state index in [0.717, 1.165) is 6.42 Å². The van der Waals surface area contributed by atoms with Crippen molar-refractivity contribution in [2.75, 3.05) is 33.9 Å². The summed E-state index contributed by atoms with van der Waals surface area (Å²) in [6.45, 7) is 1.61. The number of rotatable bonds is 6. The molecule has 1 rings (SSSR count). The Morgan fingerprint density at radius 1 is 1.39 bits per heavy atom. The molecule has 1 heterocycles. The van der Waals surface area contributed by atoms with Gasteiger partial charge in [0.2, 0.25) is 11.8 Å². The molecule has 0 unspecified atom stereocenters. The highest BCUT2D eigenvalue weighted by Crippen LogP contribution is 2.23. The van der Waals surface area contributed by atoms with Gasteiger partial charge in [-0.2, -0.15) is 0 Å². The number of carbonyl (C=O) groups is 2. The fourth-order valence-corrected chi connectivity index (χ4v) is 2.35. The first kappa shape index (κ1) is 14.9. The Labute approximate surface area is 107 Å². The van der Waals surface area contributed by atoms with Crippen LogP contribution in [0.3, 0.4) is 0 Å². The molecule has 1 saturated heterocycles. The van der Waals surface area contributed by atoms with Gasteiger partial charge < -0.3 is 20.1 Å². The lowest BCUT2D eigenvalue weighted by atomic mass is 9.91. The van der Waals surface area contributed by atoms with Crippen molar-refractivity contribution in [3.8, 4) is 0 Å². The molecule has 1 aliphatic heterocycles. The Hall–Kier alpha value is -1.14. The van der Waals surface area contributed by atoms with Gasteiger partial charge in [0, 0.05) is 39.6 Å². The van der Waals surface area contributed by atoms with Crippen molar-refractivity contribution < 1.29 is 19.1 Å². The van der Waals surface area contributed by atoms with Crippen molar-refractivity contribution in [2.24, 2.45) is 11.7 Å². The molecule has 2 N–H and O–H groups in total. The molecule has 2 atom stereocenters. The van der Waals surface area contributed by atoms with Crippen molar-refractivity contribution >= 4 is 11.8 Å². The fraction of sp³-hybridized carbons (Fsp3) is 0.833. The van der Waals surface area contributed by atoms with Crippen LogP contribution in [0.1, 0.15) is 19.3 Å². The third-order valence-electron chi connectivity index (χ3n) is 3.30. The van der Waals surface area contributed by atoms with Crippen molar-refractivity contribution in [2.45, 2.75) is 25.4 Å². The van der Waals surface area contributed by atoms with Crippen LogP contribution in [0.4, 0.5) is 0 Å². The van der Waals surface area contributed by atoms with Crippen molar-refractivity contribution in [3.63, 3.8) is 0 Å². The Morgan fingerprint density at radius 3 is 2.67 bits per heavy atom. The van der Waals surface area contributed by atoms with Crippen LogP contribution in [0.25, 0.3) is 0 Å². The minimum absolute atomic E-state index is 0.00368.